The fourth-order valence-corrected chi connectivity index (χ4v) is 5.14. The second-order valence-electron chi connectivity index (χ2n) is 8.60. The molecule has 1 unspecified atom stereocenters. The molecule has 2 aliphatic carbocycles. The Morgan fingerprint density at radius 2 is 1.74 bits per heavy atom. The number of aromatic carboxylic acids is 1. The first-order valence-electron chi connectivity index (χ1n) is 11.0. The molecule has 3 aromatic rings. The number of rotatable bonds is 7. The van der Waals surface area contributed by atoms with Gasteiger partial charge in [0.25, 0.3) is 0 Å². The Balaban J connectivity index is 1.20. The zero-order valence-electron chi connectivity index (χ0n) is 18.4. The number of ether oxygens (including phenoxy) is 1. The van der Waals surface area contributed by atoms with E-state index in [-0.39, 0.29) is 24.1 Å². The average molecular weight is 478 g/mol. The Labute approximate surface area is 200 Å². The number of amides is 2. The number of carbonyl (C=O) groups is 3. The van der Waals surface area contributed by atoms with Crippen LogP contribution in [0, 0.1) is 0 Å². The number of hydrogen-bond donors (Lipinski definition) is 3. The first kappa shape index (κ1) is 22.1. The summed E-state index contributed by atoms with van der Waals surface area (Å²) in [6.45, 7) is 1.90. The summed E-state index contributed by atoms with van der Waals surface area (Å²) >= 11 is 1.17. The van der Waals surface area contributed by atoms with E-state index in [4.69, 9.17) is 9.84 Å². The lowest BCUT2D eigenvalue weighted by atomic mass is 9.98. The highest BCUT2D eigenvalue weighted by Gasteiger charge is 2.52. The van der Waals surface area contributed by atoms with Crippen molar-refractivity contribution in [2.75, 3.05) is 6.61 Å². The lowest BCUT2D eigenvalue weighted by molar-refractivity contribution is -0.124. The topological polar surface area (TPSA) is 118 Å². The third kappa shape index (κ3) is 4.03. The molecule has 34 heavy (non-hydrogen) atoms. The number of nitrogens with one attached hydrogen (secondary N) is 2. The third-order valence-corrected chi connectivity index (χ3v) is 7.36. The lowest BCUT2D eigenvalue weighted by Gasteiger charge is -2.20. The minimum absolute atomic E-state index is 0.0565. The molecule has 0 aliphatic heterocycles. The number of benzene rings is 2. The number of aromatic nitrogens is 1. The van der Waals surface area contributed by atoms with Crippen LogP contribution in [0.3, 0.4) is 0 Å². The molecule has 3 N–H and O–H groups in total. The number of carboxylic acid groups (broad SMARTS) is 1. The van der Waals surface area contributed by atoms with E-state index >= 15 is 0 Å². The quantitative estimate of drug-likeness (QED) is 0.472. The summed E-state index contributed by atoms with van der Waals surface area (Å²) in [4.78, 5) is 40.6. The van der Waals surface area contributed by atoms with Crippen molar-refractivity contribution in [1.29, 1.82) is 0 Å². The molecule has 2 amide bonds. The first-order valence-corrected chi connectivity index (χ1v) is 11.9. The van der Waals surface area contributed by atoms with Crippen LogP contribution in [0.5, 0.6) is 0 Å². The molecule has 1 aromatic heterocycles. The van der Waals surface area contributed by atoms with Crippen molar-refractivity contribution in [3.05, 3.63) is 75.7 Å². The summed E-state index contributed by atoms with van der Waals surface area (Å²) < 4.78 is 5.58. The van der Waals surface area contributed by atoms with E-state index in [0.29, 0.717) is 17.8 Å². The maximum atomic E-state index is 12.9. The van der Waals surface area contributed by atoms with Crippen molar-refractivity contribution < 1.29 is 24.2 Å². The number of carboxylic acids is 1. The van der Waals surface area contributed by atoms with Gasteiger partial charge in [-0.25, -0.2) is 14.6 Å². The van der Waals surface area contributed by atoms with Gasteiger partial charge in [0.05, 0.1) is 6.04 Å². The van der Waals surface area contributed by atoms with Crippen LogP contribution < -0.4 is 10.6 Å². The van der Waals surface area contributed by atoms with Crippen LogP contribution in [0.1, 0.15) is 58.3 Å². The van der Waals surface area contributed by atoms with E-state index in [2.05, 4.69) is 27.8 Å². The highest BCUT2D eigenvalue weighted by atomic mass is 32.1. The van der Waals surface area contributed by atoms with Crippen molar-refractivity contribution in [1.82, 2.24) is 15.6 Å². The molecule has 2 aliphatic rings. The van der Waals surface area contributed by atoms with Crippen LogP contribution >= 0.6 is 11.3 Å². The summed E-state index contributed by atoms with van der Waals surface area (Å²) in [6, 6.07) is 15.7. The van der Waals surface area contributed by atoms with Gasteiger partial charge in [0, 0.05) is 11.3 Å². The molecule has 1 saturated carbocycles. The van der Waals surface area contributed by atoms with Gasteiger partial charge in [-0.2, -0.15) is 0 Å². The smallest absolute Gasteiger partial charge is 0.408 e. The zero-order chi connectivity index (χ0) is 23.9. The maximum absolute atomic E-state index is 12.9. The van der Waals surface area contributed by atoms with Gasteiger partial charge < -0.3 is 20.5 Å². The second-order valence-corrected chi connectivity index (χ2v) is 9.49. The molecule has 174 valence electrons. The van der Waals surface area contributed by atoms with Crippen LogP contribution in [0.4, 0.5) is 4.79 Å². The minimum Gasteiger partial charge on any atom is -0.476 e. The first-order chi connectivity index (χ1) is 16.4. The summed E-state index contributed by atoms with van der Waals surface area (Å²) in [5.41, 5.74) is 3.46. The van der Waals surface area contributed by atoms with Gasteiger partial charge in [0.2, 0.25) is 5.91 Å². The van der Waals surface area contributed by atoms with E-state index in [0.717, 1.165) is 22.3 Å². The van der Waals surface area contributed by atoms with Crippen LogP contribution in [0.25, 0.3) is 11.1 Å². The number of carbonyl (C=O) groups excluding carboxylic acids is 2. The van der Waals surface area contributed by atoms with Gasteiger partial charge in [-0.1, -0.05) is 48.5 Å². The summed E-state index contributed by atoms with van der Waals surface area (Å²) in [5, 5.41) is 16.5. The van der Waals surface area contributed by atoms with Crippen molar-refractivity contribution in [3.8, 4) is 11.1 Å². The van der Waals surface area contributed by atoms with Crippen LogP contribution in [-0.2, 0) is 9.53 Å². The van der Waals surface area contributed by atoms with E-state index < -0.39 is 23.6 Å². The van der Waals surface area contributed by atoms with E-state index in [1.165, 1.54) is 16.7 Å². The molecule has 0 radical (unpaired) electrons. The largest absolute Gasteiger partial charge is 0.476 e. The number of alkyl carbamates (subject to hydrolysis) is 1. The zero-order valence-corrected chi connectivity index (χ0v) is 19.2. The van der Waals surface area contributed by atoms with Crippen molar-refractivity contribution in [2.24, 2.45) is 0 Å². The number of fused-ring (bicyclic) bond motifs is 3. The van der Waals surface area contributed by atoms with Gasteiger partial charge in [-0.3, -0.25) is 4.79 Å². The number of nitrogens with zero attached hydrogens (tertiary/aromatic N) is 1. The molecular weight excluding hydrogens is 454 g/mol. The third-order valence-electron chi connectivity index (χ3n) is 6.33. The monoisotopic (exact) mass is 477 g/mol. The normalized spacial score (nSPS) is 16.1. The average Bonchev–Trinajstić information content (AvgIpc) is 3.30. The minimum atomic E-state index is -1.11. The molecule has 2 aromatic carbocycles. The number of hydrogen-bond acceptors (Lipinski definition) is 6. The van der Waals surface area contributed by atoms with Crippen molar-refractivity contribution in [2.45, 2.75) is 37.3 Å². The van der Waals surface area contributed by atoms with E-state index in [9.17, 15) is 14.4 Å². The summed E-state index contributed by atoms with van der Waals surface area (Å²) in [7, 11) is 0. The van der Waals surface area contributed by atoms with Gasteiger partial charge in [-0.15, -0.1) is 11.3 Å². The summed E-state index contributed by atoms with van der Waals surface area (Å²) in [5.74, 6) is -1.51. The maximum Gasteiger partial charge on any atom is 0.408 e. The van der Waals surface area contributed by atoms with E-state index in [1.807, 2.05) is 36.4 Å². The highest BCUT2D eigenvalue weighted by Crippen LogP contribution is 2.44. The van der Waals surface area contributed by atoms with Crippen LogP contribution in [0.2, 0.25) is 0 Å². The van der Waals surface area contributed by atoms with Crippen molar-refractivity contribution >= 4 is 29.3 Å². The van der Waals surface area contributed by atoms with Crippen molar-refractivity contribution in [3.63, 3.8) is 0 Å². The molecule has 5 rings (SSSR count). The standard InChI is InChI=1S/C25H23N3O5S/c1-14(21-27-20(13-34-21)22(29)30)26-23(31)25(10-11-25)28-24(32)33-12-19-17-8-4-2-6-15(17)16-7-3-5-9-18(16)19/h2-9,13-14,19H,10-12H2,1H3,(H,26,31)(H,28,32)(H,29,30). The molecule has 1 fully saturated rings. The fourth-order valence-electron chi connectivity index (χ4n) is 4.34. The Hall–Kier alpha value is -3.72. The molecule has 9 heteroatoms. The molecule has 0 bridgehead atoms. The second kappa shape index (κ2) is 8.57. The van der Waals surface area contributed by atoms with Gasteiger partial charge in [0.15, 0.2) is 5.69 Å². The fraction of sp³-hybridized carbons (Fsp3) is 0.280. The van der Waals surface area contributed by atoms with E-state index in [1.54, 1.807) is 6.92 Å². The molecular formula is C25H23N3O5S. The molecule has 1 heterocycles. The Bertz CT molecular complexity index is 1240. The number of thiazole rings is 1. The van der Waals surface area contributed by atoms with Crippen LogP contribution in [0.15, 0.2) is 53.9 Å². The predicted octanol–water partition coefficient (Wildman–Crippen LogP) is 4.09. The van der Waals surface area contributed by atoms with Gasteiger partial charge in [-0.05, 0) is 42.0 Å². The Morgan fingerprint density at radius 1 is 1.12 bits per heavy atom. The Morgan fingerprint density at radius 3 is 2.29 bits per heavy atom. The highest BCUT2D eigenvalue weighted by molar-refractivity contribution is 7.09. The Kier molecular flexibility index (Phi) is 5.57. The SMILES string of the molecule is CC(NC(=O)C1(NC(=O)OCC2c3ccccc3-c3ccccc32)CC1)c1nc(C(=O)O)cs1. The van der Waals surface area contributed by atoms with Gasteiger partial charge in [0.1, 0.15) is 17.2 Å². The van der Waals surface area contributed by atoms with Gasteiger partial charge >= 0.3 is 12.1 Å². The predicted molar refractivity (Wildman–Crippen MR) is 126 cm³/mol. The molecule has 0 spiro atoms. The van der Waals surface area contributed by atoms with Crippen LogP contribution in [-0.4, -0.2) is 40.2 Å². The summed E-state index contributed by atoms with van der Waals surface area (Å²) in [6.07, 6.45) is 0.381. The molecule has 0 saturated heterocycles. The molecule has 1 atom stereocenters. The molecule has 8 nitrogen and oxygen atoms in total. The lowest BCUT2D eigenvalue weighted by Crippen LogP contribution is -2.49.